The first kappa shape index (κ1) is 14.9. The normalized spacial score (nSPS) is 16.7. The number of ether oxygens (including phenoxy) is 1. The number of hydrogen-bond donors (Lipinski definition) is 1. The van der Waals surface area contributed by atoms with Gasteiger partial charge in [0.05, 0.1) is 19.3 Å². The predicted octanol–water partition coefficient (Wildman–Crippen LogP) is 3.73. The Labute approximate surface area is 133 Å². The third-order valence-corrected chi connectivity index (χ3v) is 5.32. The van der Waals surface area contributed by atoms with E-state index < -0.39 is 0 Å². The van der Waals surface area contributed by atoms with Crippen molar-refractivity contribution in [2.75, 3.05) is 19.8 Å². The van der Waals surface area contributed by atoms with Crippen molar-refractivity contribution in [1.29, 1.82) is 0 Å². The number of thiazole rings is 1. The Hall–Kier alpha value is -1.01. The Kier molecular flexibility index (Phi) is 5.19. The molecule has 3 heterocycles. The molecule has 0 aliphatic carbocycles. The van der Waals surface area contributed by atoms with E-state index in [0.29, 0.717) is 0 Å². The van der Waals surface area contributed by atoms with Crippen LogP contribution in [0.2, 0.25) is 0 Å². The van der Waals surface area contributed by atoms with E-state index in [-0.39, 0.29) is 6.04 Å². The number of nitrogens with one attached hydrogen (secondary N) is 1. The highest BCUT2D eigenvalue weighted by molar-refractivity contribution is 7.09. The average Bonchev–Trinajstić information content (AvgIpc) is 3.16. The smallest absolute Gasteiger partial charge is 0.110 e. The van der Waals surface area contributed by atoms with Gasteiger partial charge in [-0.25, -0.2) is 4.98 Å². The van der Waals surface area contributed by atoms with Gasteiger partial charge in [-0.15, -0.1) is 11.3 Å². The van der Waals surface area contributed by atoms with Gasteiger partial charge in [0.25, 0.3) is 0 Å². The molecular formula is C16H20N2OS2. The number of thiophene rings is 1. The highest BCUT2D eigenvalue weighted by atomic mass is 32.1. The van der Waals surface area contributed by atoms with Crippen LogP contribution in [0.1, 0.15) is 28.7 Å². The second-order valence-electron chi connectivity index (χ2n) is 5.30. The fraction of sp³-hybridized carbons (Fsp3) is 0.438. The first-order chi connectivity index (χ1) is 10.3. The SMILES string of the molecule is Cc1csc(C(Cc2ccsc2)NCC2=CCCOC2)n1. The number of hydrogen-bond acceptors (Lipinski definition) is 5. The molecule has 112 valence electrons. The lowest BCUT2D eigenvalue weighted by molar-refractivity contribution is 0.148. The quantitative estimate of drug-likeness (QED) is 0.824. The van der Waals surface area contributed by atoms with E-state index >= 15 is 0 Å². The Morgan fingerprint density at radius 1 is 1.43 bits per heavy atom. The molecule has 2 aromatic heterocycles. The monoisotopic (exact) mass is 320 g/mol. The number of aryl methyl sites for hydroxylation is 1. The summed E-state index contributed by atoms with van der Waals surface area (Å²) in [4.78, 5) is 4.66. The lowest BCUT2D eigenvalue weighted by Crippen LogP contribution is -2.27. The summed E-state index contributed by atoms with van der Waals surface area (Å²) in [5, 5.41) is 11.3. The molecule has 0 aromatic carbocycles. The van der Waals surface area contributed by atoms with Crippen LogP contribution in [0.4, 0.5) is 0 Å². The molecule has 0 fully saturated rings. The molecule has 3 nitrogen and oxygen atoms in total. The summed E-state index contributed by atoms with van der Waals surface area (Å²) < 4.78 is 5.51. The van der Waals surface area contributed by atoms with Crippen LogP contribution in [0.25, 0.3) is 0 Å². The summed E-state index contributed by atoms with van der Waals surface area (Å²) in [6, 6.07) is 2.48. The number of aromatic nitrogens is 1. The van der Waals surface area contributed by atoms with Crippen molar-refractivity contribution in [3.8, 4) is 0 Å². The van der Waals surface area contributed by atoms with E-state index in [2.05, 4.69) is 45.5 Å². The van der Waals surface area contributed by atoms with Crippen molar-refractivity contribution in [1.82, 2.24) is 10.3 Å². The first-order valence-electron chi connectivity index (χ1n) is 7.23. The molecule has 1 unspecified atom stereocenters. The molecule has 1 N–H and O–H groups in total. The maximum absolute atomic E-state index is 5.51. The van der Waals surface area contributed by atoms with E-state index in [0.717, 1.165) is 38.3 Å². The fourth-order valence-electron chi connectivity index (χ4n) is 2.41. The van der Waals surface area contributed by atoms with E-state index in [4.69, 9.17) is 4.74 Å². The molecule has 0 bridgehead atoms. The average molecular weight is 320 g/mol. The minimum absolute atomic E-state index is 0.279. The topological polar surface area (TPSA) is 34.1 Å². The minimum atomic E-state index is 0.279. The van der Waals surface area contributed by atoms with Crippen LogP contribution in [-0.2, 0) is 11.2 Å². The Bertz CT molecular complexity index is 589. The zero-order chi connectivity index (χ0) is 14.5. The highest BCUT2D eigenvalue weighted by Crippen LogP contribution is 2.23. The molecule has 0 spiro atoms. The molecule has 3 rings (SSSR count). The molecular weight excluding hydrogens is 300 g/mol. The van der Waals surface area contributed by atoms with E-state index in [1.165, 1.54) is 16.1 Å². The maximum atomic E-state index is 5.51. The van der Waals surface area contributed by atoms with Gasteiger partial charge in [-0.3, -0.25) is 0 Å². The molecule has 0 radical (unpaired) electrons. The summed E-state index contributed by atoms with van der Waals surface area (Å²) in [7, 11) is 0. The molecule has 0 amide bonds. The molecule has 5 heteroatoms. The minimum Gasteiger partial charge on any atom is -0.377 e. The second kappa shape index (κ2) is 7.31. The van der Waals surface area contributed by atoms with Gasteiger partial charge in [0.2, 0.25) is 0 Å². The van der Waals surface area contributed by atoms with Gasteiger partial charge >= 0.3 is 0 Å². The molecule has 1 aliphatic heterocycles. The van der Waals surface area contributed by atoms with Crippen LogP contribution in [0.15, 0.2) is 33.9 Å². The van der Waals surface area contributed by atoms with Gasteiger partial charge < -0.3 is 10.1 Å². The van der Waals surface area contributed by atoms with Crippen molar-refractivity contribution < 1.29 is 4.74 Å². The third-order valence-electron chi connectivity index (χ3n) is 3.51. The predicted molar refractivity (Wildman–Crippen MR) is 89.1 cm³/mol. The molecule has 0 saturated carbocycles. The lowest BCUT2D eigenvalue weighted by atomic mass is 10.1. The number of rotatable bonds is 6. The van der Waals surface area contributed by atoms with Crippen LogP contribution in [0.3, 0.4) is 0 Å². The molecule has 0 saturated heterocycles. The van der Waals surface area contributed by atoms with Gasteiger partial charge in [0, 0.05) is 17.6 Å². The van der Waals surface area contributed by atoms with Crippen molar-refractivity contribution in [2.24, 2.45) is 0 Å². The summed E-state index contributed by atoms with van der Waals surface area (Å²) in [6.45, 7) is 4.55. The standard InChI is InChI=1S/C16H20N2OS2/c1-12-10-21-16(18-12)15(7-13-4-6-20-11-13)17-8-14-3-2-5-19-9-14/h3-4,6,10-11,15,17H,2,5,7-9H2,1H3. The van der Waals surface area contributed by atoms with Crippen LogP contribution < -0.4 is 5.32 Å². The van der Waals surface area contributed by atoms with Crippen molar-refractivity contribution >= 4 is 22.7 Å². The summed E-state index contributed by atoms with van der Waals surface area (Å²) in [5.41, 5.74) is 3.83. The highest BCUT2D eigenvalue weighted by Gasteiger charge is 2.16. The van der Waals surface area contributed by atoms with Crippen molar-refractivity contribution in [3.05, 3.63) is 50.1 Å². The van der Waals surface area contributed by atoms with Crippen LogP contribution in [-0.4, -0.2) is 24.7 Å². The number of nitrogens with zero attached hydrogens (tertiary/aromatic N) is 1. The van der Waals surface area contributed by atoms with Crippen LogP contribution in [0, 0.1) is 6.92 Å². The van der Waals surface area contributed by atoms with Crippen molar-refractivity contribution in [2.45, 2.75) is 25.8 Å². The second-order valence-corrected chi connectivity index (χ2v) is 6.97. The Morgan fingerprint density at radius 2 is 2.38 bits per heavy atom. The Balaban J connectivity index is 1.67. The lowest BCUT2D eigenvalue weighted by Gasteiger charge is -2.19. The summed E-state index contributed by atoms with van der Waals surface area (Å²) in [6.07, 6.45) is 4.32. The molecule has 1 atom stereocenters. The van der Waals surface area contributed by atoms with Gasteiger partial charge in [0.15, 0.2) is 0 Å². The largest absolute Gasteiger partial charge is 0.377 e. The van der Waals surface area contributed by atoms with Gasteiger partial charge in [0.1, 0.15) is 5.01 Å². The van der Waals surface area contributed by atoms with Crippen molar-refractivity contribution in [3.63, 3.8) is 0 Å². The van der Waals surface area contributed by atoms with Gasteiger partial charge in [-0.05, 0) is 47.7 Å². The first-order valence-corrected chi connectivity index (χ1v) is 9.05. The summed E-state index contributed by atoms with van der Waals surface area (Å²) >= 11 is 3.50. The Morgan fingerprint density at radius 3 is 3.05 bits per heavy atom. The molecule has 2 aromatic rings. The van der Waals surface area contributed by atoms with Crippen LogP contribution >= 0.6 is 22.7 Å². The van der Waals surface area contributed by atoms with E-state index in [1.807, 2.05) is 0 Å². The van der Waals surface area contributed by atoms with Crippen LogP contribution in [0.5, 0.6) is 0 Å². The van der Waals surface area contributed by atoms with Gasteiger partial charge in [-0.2, -0.15) is 11.3 Å². The molecule has 1 aliphatic rings. The summed E-state index contributed by atoms with van der Waals surface area (Å²) in [5.74, 6) is 0. The van der Waals surface area contributed by atoms with E-state index in [1.54, 1.807) is 22.7 Å². The zero-order valence-corrected chi connectivity index (χ0v) is 13.8. The van der Waals surface area contributed by atoms with E-state index in [9.17, 15) is 0 Å². The van der Waals surface area contributed by atoms with Gasteiger partial charge in [-0.1, -0.05) is 6.08 Å². The molecule has 21 heavy (non-hydrogen) atoms. The zero-order valence-electron chi connectivity index (χ0n) is 12.2. The third kappa shape index (κ3) is 4.23. The maximum Gasteiger partial charge on any atom is 0.110 e. The fourth-order valence-corrected chi connectivity index (χ4v) is 3.96.